The molecule has 2 aromatic heterocycles. The van der Waals surface area contributed by atoms with Crippen LogP contribution in [0.1, 0.15) is 67.6 Å². The van der Waals surface area contributed by atoms with E-state index in [0.717, 1.165) is 31.9 Å². The third-order valence-corrected chi connectivity index (χ3v) is 8.97. The number of hydrogen-bond donors (Lipinski definition) is 2. The van der Waals surface area contributed by atoms with Crippen molar-refractivity contribution in [3.63, 3.8) is 0 Å². The highest BCUT2D eigenvalue weighted by molar-refractivity contribution is 6.31. The van der Waals surface area contributed by atoms with Crippen LogP contribution in [0.4, 0.5) is 29.2 Å². The predicted octanol–water partition coefficient (Wildman–Crippen LogP) is 4.25. The zero-order chi connectivity index (χ0) is 29.2. The number of β-amino-alcohol motifs (C(OH)–C–C–N with tert-alkyl or cyclic N) is 1. The summed E-state index contributed by atoms with van der Waals surface area (Å²) in [6.07, 6.45) is -3.39. The summed E-state index contributed by atoms with van der Waals surface area (Å²) in [4.78, 5) is 17.3. The number of alkyl halides is 4. The molecule has 41 heavy (non-hydrogen) atoms. The van der Waals surface area contributed by atoms with Crippen LogP contribution in [0.15, 0.2) is 6.07 Å². The van der Waals surface area contributed by atoms with Crippen LogP contribution in [0.25, 0.3) is 0 Å². The SMILES string of the molecule is C[C@@]1(O)CCCN(c2nc(OC[C@@]34CCCN3C[C@H](F)C4)nc3c2CO[C@H](c2nc(N)cc(Cl)c2C(F)(F)F)C3)C1. The molecule has 0 saturated carbocycles. The van der Waals surface area contributed by atoms with E-state index < -0.39 is 45.9 Å². The fourth-order valence-corrected chi connectivity index (χ4v) is 7.16. The first-order chi connectivity index (χ1) is 19.3. The molecule has 0 aliphatic carbocycles. The Morgan fingerprint density at radius 1 is 1.22 bits per heavy atom. The maximum absolute atomic E-state index is 14.3. The van der Waals surface area contributed by atoms with Crippen molar-refractivity contribution in [3.05, 3.63) is 33.6 Å². The summed E-state index contributed by atoms with van der Waals surface area (Å²) in [5.41, 5.74) is 3.97. The molecule has 0 spiro atoms. The minimum absolute atomic E-state index is 0.0505. The molecule has 9 nitrogen and oxygen atoms in total. The topological polar surface area (TPSA) is 110 Å². The lowest BCUT2D eigenvalue weighted by atomic mass is 9.94. The van der Waals surface area contributed by atoms with Gasteiger partial charge in [-0.1, -0.05) is 11.6 Å². The molecule has 6 rings (SSSR count). The van der Waals surface area contributed by atoms with E-state index in [0.29, 0.717) is 49.6 Å². The largest absolute Gasteiger partial charge is 0.461 e. The van der Waals surface area contributed by atoms with Crippen LogP contribution in [-0.2, 0) is 23.9 Å². The van der Waals surface area contributed by atoms with Crippen molar-refractivity contribution >= 4 is 23.2 Å². The maximum atomic E-state index is 14.3. The second-order valence-corrected chi connectivity index (χ2v) is 12.3. The van der Waals surface area contributed by atoms with E-state index in [4.69, 9.17) is 31.8 Å². The van der Waals surface area contributed by atoms with Gasteiger partial charge in [-0.15, -0.1) is 0 Å². The van der Waals surface area contributed by atoms with Gasteiger partial charge in [-0.2, -0.15) is 23.1 Å². The lowest BCUT2D eigenvalue weighted by Gasteiger charge is -2.39. The number of hydrogen-bond acceptors (Lipinski definition) is 9. The van der Waals surface area contributed by atoms with E-state index in [1.165, 1.54) is 0 Å². The highest BCUT2D eigenvalue weighted by atomic mass is 35.5. The number of piperidine rings is 1. The highest BCUT2D eigenvalue weighted by Crippen LogP contribution is 2.44. The number of halogens is 5. The number of rotatable bonds is 5. The third-order valence-electron chi connectivity index (χ3n) is 8.67. The molecule has 4 atom stereocenters. The molecule has 14 heteroatoms. The third kappa shape index (κ3) is 5.53. The molecule has 0 amide bonds. The van der Waals surface area contributed by atoms with Crippen molar-refractivity contribution in [1.29, 1.82) is 0 Å². The molecule has 6 heterocycles. The summed E-state index contributed by atoms with van der Waals surface area (Å²) >= 11 is 5.97. The molecular weight excluding hydrogens is 568 g/mol. The summed E-state index contributed by atoms with van der Waals surface area (Å²) in [6, 6.07) is 1.03. The van der Waals surface area contributed by atoms with Crippen LogP contribution in [0, 0.1) is 0 Å². The smallest absolute Gasteiger partial charge is 0.419 e. The number of aromatic nitrogens is 3. The van der Waals surface area contributed by atoms with Gasteiger partial charge in [0.05, 0.1) is 39.7 Å². The van der Waals surface area contributed by atoms with E-state index in [1.54, 1.807) is 6.92 Å². The first-order valence-electron chi connectivity index (χ1n) is 13.9. The maximum Gasteiger partial charge on any atom is 0.419 e. The number of pyridine rings is 1. The van der Waals surface area contributed by atoms with Crippen LogP contribution in [0.3, 0.4) is 0 Å². The monoisotopic (exact) mass is 600 g/mol. The van der Waals surface area contributed by atoms with Crippen LogP contribution in [0.5, 0.6) is 6.01 Å². The standard InChI is InChI=1S/C27H33ClF4N6O3/c1-25(39)4-2-6-37(13-25)23-16-12-40-19(22-21(27(30,31)32)17(28)8-20(33)35-22)9-18(16)34-24(36-23)41-14-26-5-3-7-38(26)11-15(29)10-26/h8,15,19,39H,2-7,9-14H2,1H3,(H2,33,35)/t15-,19+,25-,26+/m1/s1. The molecule has 3 fully saturated rings. The quantitative estimate of drug-likeness (QED) is 0.487. The van der Waals surface area contributed by atoms with Crippen molar-refractivity contribution in [1.82, 2.24) is 19.9 Å². The Hall–Kier alpha value is -2.48. The predicted molar refractivity (Wildman–Crippen MR) is 143 cm³/mol. The summed E-state index contributed by atoms with van der Waals surface area (Å²) in [6.45, 7) is 3.98. The molecule has 0 unspecified atom stereocenters. The normalized spacial score (nSPS) is 30.4. The van der Waals surface area contributed by atoms with Crippen molar-refractivity contribution in [3.8, 4) is 6.01 Å². The van der Waals surface area contributed by atoms with Crippen molar-refractivity contribution in [2.45, 2.75) is 81.6 Å². The molecular formula is C27H33ClF4N6O3. The van der Waals surface area contributed by atoms with Gasteiger partial charge in [0.15, 0.2) is 0 Å². The average Bonchev–Trinajstić information content (AvgIpc) is 3.40. The first-order valence-corrected chi connectivity index (χ1v) is 14.3. The summed E-state index contributed by atoms with van der Waals surface area (Å²) in [7, 11) is 0. The fourth-order valence-electron chi connectivity index (χ4n) is 6.85. The molecule has 4 aliphatic rings. The van der Waals surface area contributed by atoms with Crippen LogP contribution >= 0.6 is 11.6 Å². The lowest BCUT2D eigenvalue weighted by molar-refractivity contribution is -0.140. The van der Waals surface area contributed by atoms with Gasteiger partial charge < -0.3 is 25.2 Å². The molecule has 3 N–H and O–H groups in total. The first kappa shape index (κ1) is 28.6. The zero-order valence-electron chi connectivity index (χ0n) is 22.7. The molecule has 3 saturated heterocycles. The van der Waals surface area contributed by atoms with E-state index in [-0.39, 0.29) is 31.5 Å². The Labute approximate surface area is 240 Å². The molecule has 224 valence electrons. The Morgan fingerprint density at radius 3 is 2.76 bits per heavy atom. The molecule has 0 aromatic carbocycles. The van der Waals surface area contributed by atoms with Crippen molar-refractivity contribution < 1.29 is 32.1 Å². The second-order valence-electron chi connectivity index (χ2n) is 11.9. The number of nitrogen functional groups attached to an aromatic ring is 1. The van der Waals surface area contributed by atoms with Crippen molar-refractivity contribution in [2.75, 3.05) is 43.4 Å². The molecule has 0 radical (unpaired) electrons. The zero-order valence-corrected chi connectivity index (χ0v) is 23.4. The summed E-state index contributed by atoms with van der Waals surface area (Å²) in [5.74, 6) is 0.354. The number of nitrogens with zero attached hydrogens (tertiary/aromatic N) is 5. The van der Waals surface area contributed by atoms with Gasteiger partial charge in [-0.05, 0) is 45.2 Å². The van der Waals surface area contributed by atoms with E-state index in [9.17, 15) is 22.7 Å². The van der Waals surface area contributed by atoms with E-state index in [1.807, 2.05) is 4.90 Å². The lowest BCUT2D eigenvalue weighted by Crippen LogP contribution is -2.47. The minimum Gasteiger partial charge on any atom is -0.461 e. The number of nitrogens with two attached hydrogens (primary N) is 1. The van der Waals surface area contributed by atoms with E-state index >= 15 is 0 Å². The van der Waals surface area contributed by atoms with E-state index in [2.05, 4.69) is 14.9 Å². The average molecular weight is 601 g/mol. The summed E-state index contributed by atoms with van der Waals surface area (Å²) in [5, 5.41) is 10.2. The number of anilines is 2. The minimum atomic E-state index is -4.77. The Bertz CT molecular complexity index is 1330. The van der Waals surface area contributed by atoms with Gasteiger partial charge in [-0.25, -0.2) is 9.37 Å². The molecule has 2 aromatic rings. The van der Waals surface area contributed by atoms with Gasteiger partial charge in [0.2, 0.25) is 0 Å². The Balaban J connectivity index is 1.35. The fraction of sp³-hybridized carbons (Fsp3) is 0.667. The number of ether oxygens (including phenoxy) is 2. The van der Waals surface area contributed by atoms with Crippen LogP contribution in [0.2, 0.25) is 5.02 Å². The van der Waals surface area contributed by atoms with Gasteiger partial charge in [0.1, 0.15) is 30.5 Å². The molecule has 0 bridgehead atoms. The van der Waals surface area contributed by atoms with Gasteiger partial charge in [0.25, 0.3) is 0 Å². The second kappa shape index (κ2) is 10.4. The number of fused-ring (bicyclic) bond motifs is 2. The van der Waals surface area contributed by atoms with Crippen LogP contribution < -0.4 is 15.4 Å². The van der Waals surface area contributed by atoms with Crippen LogP contribution in [-0.4, -0.2) is 75.1 Å². The van der Waals surface area contributed by atoms with Crippen molar-refractivity contribution in [2.24, 2.45) is 0 Å². The highest BCUT2D eigenvalue weighted by Gasteiger charge is 2.49. The summed E-state index contributed by atoms with van der Waals surface area (Å²) < 4.78 is 68.4. The Morgan fingerprint density at radius 2 is 2.00 bits per heavy atom. The van der Waals surface area contributed by atoms with Gasteiger partial charge in [-0.3, -0.25) is 4.90 Å². The molecule has 4 aliphatic heterocycles. The van der Waals surface area contributed by atoms with Gasteiger partial charge in [0, 0.05) is 38.0 Å². The Kier molecular flexibility index (Phi) is 7.23. The number of aliphatic hydroxyl groups is 1. The van der Waals surface area contributed by atoms with Gasteiger partial charge >= 0.3 is 12.2 Å².